The highest BCUT2D eigenvalue weighted by molar-refractivity contribution is 7.13. The molecule has 0 saturated carbocycles. The largest absolute Gasteiger partial charge is 0.488 e. The van der Waals surface area contributed by atoms with E-state index in [-0.39, 0.29) is 12.0 Å². The van der Waals surface area contributed by atoms with E-state index in [4.69, 9.17) is 18.6 Å². The van der Waals surface area contributed by atoms with Gasteiger partial charge in [0.15, 0.2) is 5.13 Å². The molecule has 1 amide bonds. The summed E-state index contributed by atoms with van der Waals surface area (Å²) in [6, 6.07) is 12.4. The fraction of sp³-hybridized carbons (Fsp3) is 0.333. The molecular weight excluding hydrogens is 492 g/mol. The summed E-state index contributed by atoms with van der Waals surface area (Å²) in [4.78, 5) is 17.3. The van der Waals surface area contributed by atoms with Gasteiger partial charge < -0.3 is 18.6 Å². The number of nitrogens with zero attached hydrogens (tertiary/aromatic N) is 3. The summed E-state index contributed by atoms with van der Waals surface area (Å²) in [6.07, 6.45) is 0.514. The van der Waals surface area contributed by atoms with Crippen LogP contribution in [0.4, 0.5) is 5.13 Å². The second-order valence-corrected chi connectivity index (χ2v) is 9.91. The minimum absolute atomic E-state index is 0.216. The summed E-state index contributed by atoms with van der Waals surface area (Å²) < 4.78 is 23.0. The number of rotatable bonds is 11. The number of aryl methyl sites for hydroxylation is 1. The number of hydrogen-bond donors (Lipinski definition) is 1. The lowest BCUT2D eigenvalue weighted by Gasteiger charge is -2.16. The van der Waals surface area contributed by atoms with Crippen molar-refractivity contribution in [2.24, 2.45) is 5.92 Å². The summed E-state index contributed by atoms with van der Waals surface area (Å²) >= 11 is 1.37. The zero-order chi connectivity index (χ0) is 26.4. The Morgan fingerprint density at radius 3 is 2.49 bits per heavy atom. The number of carbonyl (C=O) groups excluding carboxylic acids is 1. The molecule has 0 aliphatic heterocycles. The second kappa shape index (κ2) is 12.0. The number of aromatic nitrogens is 3. The maximum Gasteiger partial charge on any atom is 0.257 e. The first kappa shape index (κ1) is 26.3. The number of methoxy groups -OCH3 is 1. The molecule has 0 saturated heterocycles. The molecule has 2 aromatic carbocycles. The maximum absolute atomic E-state index is 13.0. The second-order valence-electron chi connectivity index (χ2n) is 9.05. The standard InChI is InChI=1S/C27H30N4O5S/c1-16(2)10-24-30-31-26(36-24)19-6-8-21(9-7-19)35-23-12-20(11-22(13-23)34-18(4)14-33-5)25(32)29-27-28-17(3)15-37-27/h6-9,11-13,15-16,18H,10,14H2,1-5H3,(H,28,29,32). The van der Waals surface area contributed by atoms with E-state index in [0.717, 1.165) is 17.7 Å². The van der Waals surface area contributed by atoms with Gasteiger partial charge in [-0.25, -0.2) is 4.98 Å². The summed E-state index contributed by atoms with van der Waals surface area (Å²) in [5.74, 6) is 2.71. The van der Waals surface area contributed by atoms with Crippen molar-refractivity contribution in [3.63, 3.8) is 0 Å². The Hall–Kier alpha value is -3.76. The van der Waals surface area contributed by atoms with Gasteiger partial charge >= 0.3 is 0 Å². The predicted molar refractivity (Wildman–Crippen MR) is 142 cm³/mol. The van der Waals surface area contributed by atoms with Gasteiger partial charge in [-0.2, -0.15) is 0 Å². The molecule has 4 rings (SSSR count). The Morgan fingerprint density at radius 2 is 1.81 bits per heavy atom. The van der Waals surface area contributed by atoms with E-state index in [1.165, 1.54) is 11.3 Å². The maximum atomic E-state index is 13.0. The third-order valence-electron chi connectivity index (χ3n) is 5.11. The van der Waals surface area contributed by atoms with E-state index < -0.39 is 0 Å². The van der Waals surface area contributed by atoms with Crippen LogP contribution in [-0.2, 0) is 11.2 Å². The zero-order valence-corrected chi connectivity index (χ0v) is 22.3. The Morgan fingerprint density at radius 1 is 1.05 bits per heavy atom. The van der Waals surface area contributed by atoms with Gasteiger partial charge in [0, 0.05) is 36.1 Å². The van der Waals surface area contributed by atoms with Crippen LogP contribution in [0.15, 0.2) is 52.3 Å². The van der Waals surface area contributed by atoms with Crippen LogP contribution in [0.5, 0.6) is 17.2 Å². The van der Waals surface area contributed by atoms with Gasteiger partial charge in [0.05, 0.1) is 12.3 Å². The molecule has 0 bridgehead atoms. The van der Waals surface area contributed by atoms with Crippen LogP contribution in [0.3, 0.4) is 0 Å². The number of thiazole rings is 1. The van der Waals surface area contributed by atoms with Gasteiger partial charge in [0.25, 0.3) is 5.91 Å². The van der Waals surface area contributed by atoms with E-state index >= 15 is 0 Å². The van der Waals surface area contributed by atoms with E-state index in [2.05, 4.69) is 34.3 Å². The van der Waals surface area contributed by atoms with E-state index in [9.17, 15) is 4.79 Å². The number of hydrogen-bond acceptors (Lipinski definition) is 9. The van der Waals surface area contributed by atoms with Gasteiger partial charge in [-0.05, 0) is 56.2 Å². The van der Waals surface area contributed by atoms with Crippen molar-refractivity contribution in [2.75, 3.05) is 19.0 Å². The topological polar surface area (TPSA) is 109 Å². The zero-order valence-electron chi connectivity index (χ0n) is 21.5. The van der Waals surface area contributed by atoms with Crippen LogP contribution in [0, 0.1) is 12.8 Å². The van der Waals surface area contributed by atoms with Crippen molar-refractivity contribution < 1.29 is 23.4 Å². The van der Waals surface area contributed by atoms with Crippen molar-refractivity contribution in [1.29, 1.82) is 0 Å². The molecule has 37 heavy (non-hydrogen) atoms. The molecule has 9 nitrogen and oxygen atoms in total. The molecule has 4 aromatic rings. The monoisotopic (exact) mass is 522 g/mol. The van der Waals surface area contributed by atoms with Crippen LogP contribution in [0.2, 0.25) is 0 Å². The predicted octanol–water partition coefficient (Wildman–Crippen LogP) is 6.16. The van der Waals surface area contributed by atoms with E-state index in [1.54, 1.807) is 37.4 Å². The molecule has 0 aliphatic rings. The van der Waals surface area contributed by atoms with Crippen LogP contribution in [0.1, 0.15) is 42.7 Å². The van der Waals surface area contributed by atoms with Gasteiger partial charge in [-0.1, -0.05) is 13.8 Å². The van der Waals surface area contributed by atoms with Crippen LogP contribution in [0.25, 0.3) is 11.5 Å². The molecule has 1 unspecified atom stereocenters. The summed E-state index contributed by atoms with van der Waals surface area (Å²) in [6.45, 7) is 8.36. The first-order chi connectivity index (χ1) is 17.8. The lowest BCUT2D eigenvalue weighted by molar-refractivity contribution is 0.0916. The highest BCUT2D eigenvalue weighted by Gasteiger charge is 2.15. The number of benzene rings is 2. The fourth-order valence-corrected chi connectivity index (χ4v) is 4.20. The third-order valence-corrected chi connectivity index (χ3v) is 5.98. The third kappa shape index (κ3) is 7.37. The number of ether oxygens (including phenoxy) is 3. The molecule has 2 heterocycles. The Bertz CT molecular complexity index is 1330. The van der Waals surface area contributed by atoms with Crippen LogP contribution >= 0.6 is 11.3 Å². The lowest BCUT2D eigenvalue weighted by Crippen LogP contribution is -2.18. The van der Waals surface area contributed by atoms with Crippen molar-refractivity contribution in [3.8, 4) is 28.7 Å². The molecule has 0 spiro atoms. The Labute approximate surface area is 219 Å². The van der Waals surface area contributed by atoms with Crippen molar-refractivity contribution in [3.05, 3.63) is 65.0 Å². The smallest absolute Gasteiger partial charge is 0.257 e. The van der Waals surface area contributed by atoms with E-state index in [0.29, 0.717) is 52.2 Å². The Kier molecular flexibility index (Phi) is 8.52. The van der Waals surface area contributed by atoms with Gasteiger partial charge in [-0.15, -0.1) is 21.5 Å². The van der Waals surface area contributed by atoms with Crippen molar-refractivity contribution in [2.45, 2.75) is 40.2 Å². The Balaban J connectivity index is 1.53. The number of anilines is 1. The molecule has 2 aromatic heterocycles. The first-order valence-electron chi connectivity index (χ1n) is 11.9. The minimum Gasteiger partial charge on any atom is -0.488 e. The van der Waals surface area contributed by atoms with Crippen LogP contribution < -0.4 is 14.8 Å². The number of nitrogens with one attached hydrogen (secondary N) is 1. The summed E-state index contributed by atoms with van der Waals surface area (Å²) in [7, 11) is 1.61. The number of carbonyl (C=O) groups is 1. The van der Waals surface area contributed by atoms with Gasteiger partial charge in [0.1, 0.15) is 23.4 Å². The van der Waals surface area contributed by atoms with Crippen LogP contribution in [-0.4, -0.2) is 40.9 Å². The molecule has 194 valence electrons. The molecule has 10 heteroatoms. The molecule has 0 radical (unpaired) electrons. The van der Waals surface area contributed by atoms with Gasteiger partial charge in [-0.3, -0.25) is 10.1 Å². The summed E-state index contributed by atoms with van der Waals surface area (Å²) in [5, 5.41) is 13.5. The molecule has 0 aliphatic carbocycles. The molecule has 1 atom stereocenters. The SMILES string of the molecule is COCC(C)Oc1cc(Oc2ccc(-c3nnc(CC(C)C)o3)cc2)cc(C(=O)Nc2nc(C)cs2)c1. The van der Waals surface area contributed by atoms with E-state index in [1.807, 2.05) is 31.4 Å². The fourth-order valence-electron chi connectivity index (χ4n) is 3.52. The molecule has 1 N–H and O–H groups in total. The average Bonchev–Trinajstić information content (AvgIpc) is 3.47. The average molecular weight is 523 g/mol. The highest BCUT2D eigenvalue weighted by atomic mass is 32.1. The summed E-state index contributed by atoms with van der Waals surface area (Å²) in [5.41, 5.74) is 2.01. The highest BCUT2D eigenvalue weighted by Crippen LogP contribution is 2.30. The number of amides is 1. The molecule has 0 fully saturated rings. The first-order valence-corrected chi connectivity index (χ1v) is 12.8. The molecular formula is C27H30N4O5S. The lowest BCUT2D eigenvalue weighted by atomic mass is 10.1. The van der Waals surface area contributed by atoms with Gasteiger partial charge in [0.2, 0.25) is 11.8 Å². The van der Waals surface area contributed by atoms with Crippen molar-refractivity contribution >= 4 is 22.4 Å². The quantitative estimate of drug-likeness (QED) is 0.250. The minimum atomic E-state index is -0.312. The normalized spacial score (nSPS) is 11.9. The van der Waals surface area contributed by atoms with Crippen molar-refractivity contribution in [1.82, 2.24) is 15.2 Å².